The Balaban J connectivity index is 1.54. The number of aryl methyl sites for hydroxylation is 1. The van der Waals surface area contributed by atoms with E-state index in [9.17, 15) is 4.79 Å². The topological polar surface area (TPSA) is 54.0 Å². The van der Waals surface area contributed by atoms with Crippen molar-refractivity contribution in [3.8, 4) is 23.0 Å². The Morgan fingerprint density at radius 3 is 2.34 bits per heavy atom. The second kappa shape index (κ2) is 9.02. The van der Waals surface area contributed by atoms with Gasteiger partial charge in [0.1, 0.15) is 18.1 Å². The molecule has 1 aliphatic rings. The lowest BCUT2D eigenvalue weighted by molar-refractivity contribution is 0.101. The summed E-state index contributed by atoms with van der Waals surface area (Å²) in [5.41, 5.74) is 4.23. The van der Waals surface area contributed by atoms with Gasteiger partial charge in [-0.1, -0.05) is 43.0 Å². The minimum Gasteiger partial charge on any atom is -0.493 e. The van der Waals surface area contributed by atoms with E-state index < -0.39 is 0 Å². The number of fused-ring (bicyclic) bond motifs is 1. The van der Waals surface area contributed by atoms with Crippen LogP contribution in [0.1, 0.15) is 32.6 Å². The quantitative estimate of drug-likeness (QED) is 0.442. The van der Waals surface area contributed by atoms with E-state index in [-0.39, 0.29) is 11.5 Å². The molecular formula is C27H24O5. The second-order valence-electron chi connectivity index (χ2n) is 7.40. The van der Waals surface area contributed by atoms with Crippen molar-refractivity contribution in [3.05, 3.63) is 94.8 Å². The molecule has 0 aliphatic carbocycles. The molecule has 0 radical (unpaired) electrons. The third-order valence-electron chi connectivity index (χ3n) is 5.27. The monoisotopic (exact) mass is 428 g/mol. The summed E-state index contributed by atoms with van der Waals surface area (Å²) in [5, 5.41) is 0. The number of allylic oxidation sites excluding steroid dienone is 1. The van der Waals surface area contributed by atoms with E-state index in [1.54, 1.807) is 44.6 Å². The molecule has 0 atom stereocenters. The van der Waals surface area contributed by atoms with Crippen molar-refractivity contribution in [2.45, 2.75) is 13.5 Å². The van der Waals surface area contributed by atoms with E-state index in [0.29, 0.717) is 35.2 Å². The van der Waals surface area contributed by atoms with Crippen molar-refractivity contribution < 1.29 is 23.7 Å². The lowest BCUT2D eigenvalue weighted by atomic mass is 10.0. The summed E-state index contributed by atoms with van der Waals surface area (Å²) >= 11 is 0. The summed E-state index contributed by atoms with van der Waals surface area (Å²) in [4.78, 5) is 13.0. The zero-order valence-electron chi connectivity index (χ0n) is 18.3. The van der Waals surface area contributed by atoms with Crippen LogP contribution >= 0.6 is 0 Å². The largest absolute Gasteiger partial charge is 0.493 e. The molecule has 0 fully saturated rings. The van der Waals surface area contributed by atoms with Crippen LogP contribution < -0.4 is 18.9 Å². The van der Waals surface area contributed by atoms with Crippen LogP contribution in [0.15, 0.2) is 66.9 Å². The molecule has 0 N–H and O–H groups in total. The Morgan fingerprint density at radius 1 is 0.938 bits per heavy atom. The van der Waals surface area contributed by atoms with Crippen LogP contribution in [0.4, 0.5) is 0 Å². The van der Waals surface area contributed by atoms with Crippen molar-refractivity contribution in [2.24, 2.45) is 0 Å². The molecule has 1 heterocycles. The van der Waals surface area contributed by atoms with Gasteiger partial charge >= 0.3 is 0 Å². The SMILES string of the molecule is C=Cc1ccc(COc2cc(C)c3c(c2)O/C(=C\c2ccc(OC)c(OC)c2)C3=O)cc1. The summed E-state index contributed by atoms with van der Waals surface area (Å²) in [7, 11) is 3.15. The molecule has 4 rings (SSSR count). The molecule has 32 heavy (non-hydrogen) atoms. The third kappa shape index (κ3) is 4.23. The maximum Gasteiger partial charge on any atom is 0.232 e. The number of rotatable bonds is 7. The Bertz CT molecular complexity index is 1210. The van der Waals surface area contributed by atoms with E-state index in [4.69, 9.17) is 18.9 Å². The van der Waals surface area contributed by atoms with Crippen LogP contribution in [0.25, 0.3) is 12.2 Å². The molecule has 0 amide bonds. The van der Waals surface area contributed by atoms with Crippen LogP contribution in [-0.2, 0) is 6.61 Å². The first-order valence-corrected chi connectivity index (χ1v) is 10.2. The van der Waals surface area contributed by atoms with Crippen LogP contribution in [0, 0.1) is 6.92 Å². The molecule has 0 saturated heterocycles. The number of hydrogen-bond acceptors (Lipinski definition) is 5. The van der Waals surface area contributed by atoms with Gasteiger partial charge in [0, 0.05) is 6.07 Å². The number of carbonyl (C=O) groups is 1. The van der Waals surface area contributed by atoms with Crippen molar-refractivity contribution in [2.75, 3.05) is 14.2 Å². The minimum absolute atomic E-state index is 0.154. The molecule has 5 heteroatoms. The molecule has 0 aromatic heterocycles. The highest BCUT2D eigenvalue weighted by Crippen LogP contribution is 2.38. The molecule has 5 nitrogen and oxygen atoms in total. The Morgan fingerprint density at radius 2 is 1.66 bits per heavy atom. The molecule has 0 bridgehead atoms. The summed E-state index contributed by atoms with van der Waals surface area (Å²) in [5.74, 6) is 2.45. The number of carbonyl (C=O) groups excluding carboxylic acids is 1. The van der Waals surface area contributed by atoms with Gasteiger partial charge < -0.3 is 18.9 Å². The highest BCUT2D eigenvalue weighted by atomic mass is 16.5. The van der Waals surface area contributed by atoms with Crippen LogP contribution in [0.3, 0.4) is 0 Å². The lowest BCUT2D eigenvalue weighted by Crippen LogP contribution is -2.00. The summed E-state index contributed by atoms with van der Waals surface area (Å²) in [6.07, 6.45) is 3.50. The van der Waals surface area contributed by atoms with Crippen molar-refractivity contribution in [1.29, 1.82) is 0 Å². The number of ketones is 1. The molecule has 0 unspecified atom stereocenters. The van der Waals surface area contributed by atoms with Crippen molar-refractivity contribution in [3.63, 3.8) is 0 Å². The van der Waals surface area contributed by atoms with E-state index in [0.717, 1.165) is 22.3 Å². The van der Waals surface area contributed by atoms with Gasteiger partial charge in [-0.15, -0.1) is 0 Å². The van der Waals surface area contributed by atoms with Crippen LogP contribution in [0.5, 0.6) is 23.0 Å². The second-order valence-corrected chi connectivity index (χ2v) is 7.40. The number of Topliss-reactive ketones (excluding diaryl/α,β-unsaturated/α-hetero) is 1. The summed E-state index contributed by atoms with van der Waals surface area (Å²) in [6, 6.07) is 17.0. The number of benzene rings is 3. The zero-order chi connectivity index (χ0) is 22.7. The van der Waals surface area contributed by atoms with Gasteiger partial charge in [0.15, 0.2) is 17.3 Å². The molecular weight excluding hydrogens is 404 g/mol. The number of methoxy groups -OCH3 is 2. The van der Waals surface area contributed by atoms with Crippen molar-refractivity contribution in [1.82, 2.24) is 0 Å². The van der Waals surface area contributed by atoms with E-state index in [1.165, 1.54) is 0 Å². The average Bonchev–Trinajstić information content (AvgIpc) is 3.13. The molecule has 0 spiro atoms. The first kappa shape index (κ1) is 21.2. The smallest absolute Gasteiger partial charge is 0.232 e. The fraction of sp³-hybridized carbons (Fsp3) is 0.148. The predicted octanol–water partition coefficient (Wildman–Crippen LogP) is 5.85. The number of ether oxygens (including phenoxy) is 4. The van der Waals surface area contributed by atoms with Gasteiger partial charge in [0.05, 0.1) is 19.8 Å². The third-order valence-corrected chi connectivity index (χ3v) is 5.27. The highest BCUT2D eigenvalue weighted by molar-refractivity contribution is 6.15. The van der Waals surface area contributed by atoms with E-state index in [1.807, 2.05) is 43.3 Å². The normalized spacial score (nSPS) is 13.5. The van der Waals surface area contributed by atoms with Crippen molar-refractivity contribution >= 4 is 17.9 Å². The minimum atomic E-state index is -0.154. The van der Waals surface area contributed by atoms with Gasteiger partial charge in [-0.05, 0) is 53.5 Å². The first-order valence-electron chi connectivity index (χ1n) is 10.2. The Hall–Kier alpha value is -3.99. The summed E-state index contributed by atoms with van der Waals surface area (Å²) in [6.45, 7) is 6.06. The fourth-order valence-corrected chi connectivity index (χ4v) is 3.57. The maximum absolute atomic E-state index is 13.0. The standard InChI is InChI=1S/C27H24O5/c1-5-18-6-8-19(9-7-18)16-31-21-12-17(2)26-24(15-21)32-25(27(26)28)14-20-10-11-22(29-3)23(13-20)30-4/h5-15H,1,16H2,2-4H3/b25-14-. The van der Waals surface area contributed by atoms with E-state index in [2.05, 4.69) is 6.58 Å². The average molecular weight is 428 g/mol. The predicted molar refractivity (Wildman–Crippen MR) is 125 cm³/mol. The maximum atomic E-state index is 13.0. The molecule has 3 aromatic carbocycles. The highest BCUT2D eigenvalue weighted by Gasteiger charge is 2.30. The molecule has 0 saturated carbocycles. The van der Waals surface area contributed by atoms with Crippen LogP contribution in [0.2, 0.25) is 0 Å². The first-order chi connectivity index (χ1) is 15.5. The van der Waals surface area contributed by atoms with Gasteiger partial charge in [0.25, 0.3) is 0 Å². The van der Waals surface area contributed by atoms with E-state index >= 15 is 0 Å². The van der Waals surface area contributed by atoms with Gasteiger partial charge in [0.2, 0.25) is 5.78 Å². The molecule has 1 aliphatic heterocycles. The fourth-order valence-electron chi connectivity index (χ4n) is 3.57. The lowest BCUT2D eigenvalue weighted by Gasteiger charge is -2.09. The van der Waals surface area contributed by atoms with Crippen LogP contribution in [-0.4, -0.2) is 20.0 Å². The number of hydrogen-bond donors (Lipinski definition) is 0. The van der Waals surface area contributed by atoms with Gasteiger partial charge in [-0.2, -0.15) is 0 Å². The van der Waals surface area contributed by atoms with Gasteiger partial charge in [-0.25, -0.2) is 0 Å². The molecule has 3 aromatic rings. The Labute approximate surface area is 187 Å². The molecule has 162 valence electrons. The zero-order valence-corrected chi connectivity index (χ0v) is 18.3. The Kier molecular flexibility index (Phi) is 5.99. The summed E-state index contributed by atoms with van der Waals surface area (Å²) < 4.78 is 22.5. The van der Waals surface area contributed by atoms with Gasteiger partial charge in [-0.3, -0.25) is 4.79 Å².